The number of unbranched alkanes of at least 4 members (excludes halogenated alkanes) is 2. The van der Waals surface area contributed by atoms with Crippen molar-refractivity contribution in [1.29, 1.82) is 0 Å². The highest BCUT2D eigenvalue weighted by Gasteiger charge is 2.47. The summed E-state index contributed by atoms with van der Waals surface area (Å²) in [4.78, 5) is 32.6. The Kier molecular flexibility index (Phi) is 10.2. The van der Waals surface area contributed by atoms with Gasteiger partial charge in [-0.25, -0.2) is 0 Å². The monoisotopic (exact) mass is 541 g/mol. The van der Waals surface area contributed by atoms with Gasteiger partial charge in [-0.1, -0.05) is 19.4 Å². The minimum Gasteiger partial charge on any atom is -0.481 e. The van der Waals surface area contributed by atoms with Gasteiger partial charge in [0.15, 0.2) is 11.5 Å². The lowest BCUT2D eigenvalue weighted by Gasteiger charge is -2.30. The first-order valence-electron chi connectivity index (χ1n) is 14.1. The van der Waals surface area contributed by atoms with Gasteiger partial charge in [0.2, 0.25) is 12.7 Å². The van der Waals surface area contributed by atoms with Crippen LogP contribution in [0.2, 0.25) is 0 Å². The van der Waals surface area contributed by atoms with Gasteiger partial charge in [-0.15, -0.1) is 0 Å². The van der Waals surface area contributed by atoms with Crippen molar-refractivity contribution in [3.8, 4) is 11.5 Å². The summed E-state index contributed by atoms with van der Waals surface area (Å²) in [7, 11) is 4.12. The van der Waals surface area contributed by atoms with E-state index in [2.05, 4.69) is 35.9 Å². The molecule has 3 atom stereocenters. The number of hydrogen-bond donors (Lipinski definition) is 1. The highest BCUT2D eigenvalue weighted by atomic mass is 16.7. The van der Waals surface area contributed by atoms with Gasteiger partial charge in [0.1, 0.15) is 0 Å². The summed E-state index contributed by atoms with van der Waals surface area (Å²) in [6, 6.07) is 7.25. The lowest BCUT2D eigenvalue weighted by Crippen LogP contribution is -2.45. The van der Waals surface area contributed by atoms with E-state index in [0.717, 1.165) is 50.9 Å². The summed E-state index contributed by atoms with van der Waals surface area (Å²) in [6.07, 6.45) is 8.16. The fourth-order valence-corrected chi connectivity index (χ4v) is 5.75. The third kappa shape index (κ3) is 7.51. The van der Waals surface area contributed by atoms with Crippen LogP contribution in [0.1, 0.15) is 50.5 Å². The largest absolute Gasteiger partial charge is 0.481 e. The maximum Gasteiger partial charge on any atom is 0.308 e. The first-order chi connectivity index (χ1) is 18.9. The van der Waals surface area contributed by atoms with Crippen LogP contribution in [-0.4, -0.2) is 101 Å². The molecule has 0 spiro atoms. The highest BCUT2D eigenvalue weighted by molar-refractivity contribution is 5.79. The fourth-order valence-electron chi connectivity index (χ4n) is 5.75. The van der Waals surface area contributed by atoms with Gasteiger partial charge in [0.05, 0.1) is 12.5 Å². The zero-order valence-electron chi connectivity index (χ0n) is 23.5. The quantitative estimate of drug-likeness (QED) is 0.343. The predicted molar refractivity (Wildman–Crippen MR) is 148 cm³/mol. The number of aryl methyl sites for hydroxylation is 1. The zero-order chi connectivity index (χ0) is 27.8. The molecule has 1 N–H and O–H groups in total. The van der Waals surface area contributed by atoms with Crippen LogP contribution in [0.4, 0.5) is 0 Å². The van der Waals surface area contributed by atoms with E-state index in [4.69, 9.17) is 9.47 Å². The van der Waals surface area contributed by atoms with E-state index in [9.17, 15) is 14.7 Å². The van der Waals surface area contributed by atoms with E-state index in [1.54, 1.807) is 6.20 Å². The Hall–Kier alpha value is -3.11. The molecule has 2 aromatic rings. The number of fused-ring (bicyclic) bond motifs is 1. The fraction of sp³-hybridized carbons (Fsp3) is 0.621. The van der Waals surface area contributed by atoms with Crippen molar-refractivity contribution in [3.63, 3.8) is 0 Å². The van der Waals surface area contributed by atoms with Crippen LogP contribution >= 0.6 is 0 Å². The van der Waals surface area contributed by atoms with Crippen LogP contribution in [0.25, 0.3) is 0 Å². The molecule has 0 bridgehead atoms. The number of rotatable bonds is 15. The number of carboxylic acids is 1. The summed E-state index contributed by atoms with van der Waals surface area (Å²) >= 11 is 0. The number of benzene rings is 1. The van der Waals surface area contributed by atoms with Gasteiger partial charge in [-0.3, -0.25) is 19.2 Å². The lowest BCUT2D eigenvalue weighted by molar-refractivity contribution is -0.144. The zero-order valence-corrected chi connectivity index (χ0v) is 23.5. The normalized spacial score (nSPS) is 20.6. The van der Waals surface area contributed by atoms with Crippen LogP contribution in [-0.2, 0) is 16.1 Å². The Morgan fingerprint density at radius 1 is 1.10 bits per heavy atom. The first-order valence-corrected chi connectivity index (χ1v) is 14.1. The molecule has 0 unspecified atom stereocenters. The average molecular weight is 542 g/mol. The molecule has 10 nitrogen and oxygen atoms in total. The highest BCUT2D eigenvalue weighted by Crippen LogP contribution is 2.42. The summed E-state index contributed by atoms with van der Waals surface area (Å²) < 4.78 is 12.9. The Morgan fingerprint density at radius 2 is 1.87 bits per heavy atom. The topological polar surface area (TPSA) is 100 Å². The molecule has 0 radical (unpaired) electrons. The van der Waals surface area contributed by atoms with Crippen molar-refractivity contribution in [3.05, 3.63) is 42.2 Å². The summed E-state index contributed by atoms with van der Waals surface area (Å²) in [5.41, 5.74) is 0.900. The molecule has 1 aromatic carbocycles. The van der Waals surface area contributed by atoms with E-state index in [0.29, 0.717) is 31.0 Å². The summed E-state index contributed by atoms with van der Waals surface area (Å²) in [5.74, 6) is -0.374. The molecule has 2 aliphatic rings. The molecular weight excluding hydrogens is 498 g/mol. The molecule has 1 amide bonds. The number of carbonyl (C=O) groups is 2. The molecule has 0 aliphatic carbocycles. The number of carboxylic acid groups (broad SMARTS) is 1. The number of hydrogen-bond acceptors (Lipinski definition) is 7. The molecule has 2 aliphatic heterocycles. The molecule has 4 rings (SSSR count). The summed E-state index contributed by atoms with van der Waals surface area (Å²) in [6.45, 7) is 6.05. The van der Waals surface area contributed by atoms with Gasteiger partial charge >= 0.3 is 5.97 Å². The number of likely N-dealkylation sites (tertiary alicyclic amines) is 1. The van der Waals surface area contributed by atoms with Crippen molar-refractivity contribution in [2.75, 3.05) is 53.6 Å². The average Bonchev–Trinajstić information content (AvgIpc) is 3.66. The van der Waals surface area contributed by atoms with Crippen LogP contribution in [0.15, 0.2) is 36.7 Å². The van der Waals surface area contributed by atoms with Crippen LogP contribution in [0, 0.1) is 5.92 Å². The maximum atomic E-state index is 13.7. The lowest BCUT2D eigenvalue weighted by atomic mass is 9.84. The van der Waals surface area contributed by atoms with Crippen LogP contribution in [0.5, 0.6) is 11.5 Å². The van der Waals surface area contributed by atoms with Crippen molar-refractivity contribution in [2.45, 2.75) is 57.5 Å². The molecule has 39 heavy (non-hydrogen) atoms. The molecule has 3 heterocycles. The second-order valence-corrected chi connectivity index (χ2v) is 10.9. The Labute approximate surface area is 231 Å². The number of aliphatic carboxylic acids is 1. The molecule has 1 aromatic heterocycles. The van der Waals surface area contributed by atoms with Gasteiger partial charge in [0, 0.05) is 50.5 Å². The Morgan fingerprint density at radius 3 is 2.59 bits per heavy atom. The third-order valence-electron chi connectivity index (χ3n) is 7.83. The van der Waals surface area contributed by atoms with E-state index < -0.39 is 11.9 Å². The predicted octanol–water partition coefficient (Wildman–Crippen LogP) is 3.14. The number of ether oxygens (including phenoxy) is 2. The Bertz CT molecular complexity index is 1080. The molecular formula is C29H43N5O5. The van der Waals surface area contributed by atoms with Crippen molar-refractivity contribution >= 4 is 11.9 Å². The molecule has 1 saturated heterocycles. The molecule has 214 valence electrons. The first kappa shape index (κ1) is 28.9. The van der Waals surface area contributed by atoms with E-state index in [1.165, 1.54) is 0 Å². The second-order valence-electron chi connectivity index (χ2n) is 10.9. The number of carbonyl (C=O) groups excluding carboxylic acids is 1. The van der Waals surface area contributed by atoms with E-state index in [-0.39, 0.29) is 31.2 Å². The van der Waals surface area contributed by atoms with Crippen molar-refractivity contribution in [1.82, 2.24) is 24.5 Å². The van der Waals surface area contributed by atoms with Crippen LogP contribution < -0.4 is 9.47 Å². The standard InChI is InChI=1S/C29H43N5O5/c1-4-5-14-32(15-7-6-13-31(2)3)27(35)20-33-19-23(22-9-10-25-26(18-22)39-21-38-25)28(29(36)37)24(33)11-17-34-16-8-12-30-34/h8-10,12,16,18,23-24,28H,4-7,11,13-15,17,19-21H2,1-3H3,(H,36,37)/t23-,24-,28+/m1/s1. The Balaban J connectivity index is 1.53. The SMILES string of the molecule is CCCCN(CCCCN(C)C)C(=O)CN1C[C@H](c2ccc3c(c2)OCO3)[C@H](C(=O)O)[C@H]1CCn1cccn1. The number of nitrogens with zero attached hydrogens (tertiary/aromatic N) is 5. The minimum absolute atomic E-state index is 0.0767. The maximum absolute atomic E-state index is 13.7. The third-order valence-corrected chi connectivity index (χ3v) is 7.83. The molecule has 10 heteroatoms. The smallest absolute Gasteiger partial charge is 0.308 e. The van der Waals surface area contributed by atoms with Gasteiger partial charge in [-0.2, -0.15) is 5.10 Å². The summed E-state index contributed by atoms with van der Waals surface area (Å²) in [5, 5.41) is 14.7. The van der Waals surface area contributed by atoms with Gasteiger partial charge < -0.3 is 24.4 Å². The van der Waals surface area contributed by atoms with E-state index in [1.807, 2.05) is 40.0 Å². The number of aromatic nitrogens is 2. The van der Waals surface area contributed by atoms with Gasteiger partial charge in [0.25, 0.3) is 0 Å². The van der Waals surface area contributed by atoms with Crippen molar-refractivity contribution < 1.29 is 24.2 Å². The molecule has 0 saturated carbocycles. The molecule has 1 fully saturated rings. The second kappa shape index (κ2) is 13.8. The van der Waals surface area contributed by atoms with Crippen molar-refractivity contribution in [2.24, 2.45) is 5.92 Å². The number of amides is 1. The van der Waals surface area contributed by atoms with E-state index >= 15 is 0 Å². The van der Waals surface area contributed by atoms with Crippen LogP contribution in [0.3, 0.4) is 0 Å². The van der Waals surface area contributed by atoms with Gasteiger partial charge in [-0.05, 0) is 70.1 Å². The minimum atomic E-state index is -0.843.